The first-order valence-electron chi connectivity index (χ1n) is 6.48. The minimum absolute atomic E-state index is 0. The number of halogens is 1. The second-order valence-corrected chi connectivity index (χ2v) is 4.52. The van der Waals surface area contributed by atoms with Crippen molar-refractivity contribution >= 4 is 35.8 Å². The zero-order valence-corrected chi connectivity index (χ0v) is 14.1. The van der Waals surface area contributed by atoms with Crippen molar-refractivity contribution in [1.82, 2.24) is 15.5 Å². The van der Waals surface area contributed by atoms with E-state index in [1.165, 1.54) is 0 Å². The summed E-state index contributed by atoms with van der Waals surface area (Å²) in [5.41, 5.74) is 0. The Balaban J connectivity index is 0.00000324. The van der Waals surface area contributed by atoms with Gasteiger partial charge in [-0.2, -0.15) is 0 Å². The molecule has 1 saturated heterocycles. The Bertz CT molecular complexity index is 312. The quantitative estimate of drug-likeness (QED) is 0.334. The molecule has 5 nitrogen and oxygen atoms in total. The number of hydrogen-bond donors (Lipinski definition) is 2. The van der Waals surface area contributed by atoms with Gasteiger partial charge in [-0.15, -0.1) is 30.6 Å². The zero-order valence-electron chi connectivity index (χ0n) is 11.8. The van der Waals surface area contributed by atoms with Crippen molar-refractivity contribution in [3.05, 3.63) is 12.7 Å². The summed E-state index contributed by atoms with van der Waals surface area (Å²) in [7, 11) is 3.49. The van der Waals surface area contributed by atoms with Crippen molar-refractivity contribution in [2.45, 2.75) is 19.3 Å². The lowest BCUT2D eigenvalue weighted by Crippen LogP contribution is -2.46. The van der Waals surface area contributed by atoms with E-state index in [0.29, 0.717) is 12.3 Å². The van der Waals surface area contributed by atoms with E-state index in [1.54, 1.807) is 14.1 Å². The lowest BCUT2D eigenvalue weighted by molar-refractivity contribution is -0.121. The fourth-order valence-electron chi connectivity index (χ4n) is 2.21. The molecule has 19 heavy (non-hydrogen) atoms. The summed E-state index contributed by atoms with van der Waals surface area (Å²) >= 11 is 0. The highest BCUT2D eigenvalue weighted by molar-refractivity contribution is 14.0. The standard InChI is InChI=1S/C13H24N4O.HI/c1-4-7-16-13(15-3)17-8-5-11(6-9-17)10-12(18)14-2;/h4,11H,1,5-10H2,2-3H3,(H,14,18)(H,15,16);1H. The third kappa shape index (κ3) is 6.26. The van der Waals surface area contributed by atoms with Crippen LogP contribution in [-0.2, 0) is 4.79 Å². The van der Waals surface area contributed by atoms with Crippen LogP contribution in [0.4, 0.5) is 0 Å². The molecule has 0 unspecified atom stereocenters. The molecule has 0 bridgehead atoms. The summed E-state index contributed by atoms with van der Waals surface area (Å²) in [5.74, 6) is 1.56. The molecule has 110 valence electrons. The second kappa shape index (κ2) is 10.1. The van der Waals surface area contributed by atoms with E-state index in [4.69, 9.17) is 0 Å². The molecule has 1 aliphatic heterocycles. The number of rotatable bonds is 4. The van der Waals surface area contributed by atoms with Gasteiger partial charge < -0.3 is 15.5 Å². The van der Waals surface area contributed by atoms with Crippen LogP contribution in [0.2, 0.25) is 0 Å². The number of guanidine groups is 1. The molecule has 6 heteroatoms. The van der Waals surface area contributed by atoms with Crippen molar-refractivity contribution in [1.29, 1.82) is 0 Å². The first-order chi connectivity index (χ1) is 8.71. The largest absolute Gasteiger partial charge is 0.359 e. The summed E-state index contributed by atoms with van der Waals surface area (Å²) in [6, 6.07) is 0. The normalized spacial score (nSPS) is 16.5. The minimum Gasteiger partial charge on any atom is -0.359 e. The molecule has 1 heterocycles. The number of hydrogen-bond acceptors (Lipinski definition) is 2. The second-order valence-electron chi connectivity index (χ2n) is 4.52. The van der Waals surface area contributed by atoms with Crippen LogP contribution in [0.15, 0.2) is 17.6 Å². The van der Waals surface area contributed by atoms with Crippen LogP contribution in [0.25, 0.3) is 0 Å². The Labute approximate surface area is 132 Å². The van der Waals surface area contributed by atoms with E-state index in [2.05, 4.69) is 27.1 Å². The molecule has 0 atom stereocenters. The number of aliphatic imine (C=N–C) groups is 1. The maximum absolute atomic E-state index is 11.3. The highest BCUT2D eigenvalue weighted by Gasteiger charge is 2.22. The van der Waals surface area contributed by atoms with E-state index < -0.39 is 0 Å². The molecule has 0 saturated carbocycles. The van der Waals surface area contributed by atoms with Gasteiger partial charge in [0, 0.05) is 40.2 Å². The van der Waals surface area contributed by atoms with Crippen LogP contribution >= 0.6 is 24.0 Å². The molecule has 0 aromatic heterocycles. The average Bonchev–Trinajstić information content (AvgIpc) is 2.41. The number of carbonyl (C=O) groups excluding carboxylic acids is 1. The van der Waals surface area contributed by atoms with E-state index in [0.717, 1.165) is 38.4 Å². The molecule has 0 aromatic rings. The Morgan fingerprint density at radius 2 is 2.11 bits per heavy atom. The van der Waals surface area contributed by atoms with E-state index in [1.807, 2.05) is 6.08 Å². The van der Waals surface area contributed by atoms with Gasteiger partial charge >= 0.3 is 0 Å². The van der Waals surface area contributed by atoms with Gasteiger partial charge in [0.15, 0.2) is 5.96 Å². The van der Waals surface area contributed by atoms with Gasteiger partial charge in [-0.1, -0.05) is 6.08 Å². The van der Waals surface area contributed by atoms with Gasteiger partial charge in [-0.05, 0) is 18.8 Å². The molecule has 0 aliphatic carbocycles. The minimum atomic E-state index is 0. The summed E-state index contributed by atoms with van der Waals surface area (Å²) in [4.78, 5) is 17.8. The lowest BCUT2D eigenvalue weighted by Gasteiger charge is -2.33. The summed E-state index contributed by atoms with van der Waals surface area (Å²) in [6.07, 6.45) is 4.55. The molecular weight excluding hydrogens is 355 g/mol. The number of piperidine rings is 1. The van der Waals surface area contributed by atoms with Crippen molar-refractivity contribution in [2.24, 2.45) is 10.9 Å². The molecule has 0 radical (unpaired) electrons. The lowest BCUT2D eigenvalue weighted by atomic mass is 9.93. The molecule has 1 fully saturated rings. The van der Waals surface area contributed by atoms with Crippen LogP contribution in [0, 0.1) is 5.92 Å². The van der Waals surface area contributed by atoms with Gasteiger partial charge in [0.05, 0.1) is 0 Å². The zero-order chi connectivity index (χ0) is 13.4. The Morgan fingerprint density at radius 1 is 1.47 bits per heavy atom. The Hall–Kier alpha value is -0.790. The predicted octanol–water partition coefficient (Wildman–Crippen LogP) is 1.21. The topological polar surface area (TPSA) is 56.7 Å². The summed E-state index contributed by atoms with van der Waals surface area (Å²) < 4.78 is 0. The molecule has 1 aliphatic rings. The van der Waals surface area contributed by atoms with E-state index >= 15 is 0 Å². The van der Waals surface area contributed by atoms with Gasteiger partial charge in [-0.3, -0.25) is 9.79 Å². The molecule has 0 aromatic carbocycles. The number of amides is 1. The van der Waals surface area contributed by atoms with E-state index in [-0.39, 0.29) is 29.9 Å². The fourth-order valence-corrected chi connectivity index (χ4v) is 2.21. The molecule has 1 rings (SSSR count). The van der Waals surface area contributed by atoms with Crippen molar-refractivity contribution in [3.8, 4) is 0 Å². The Kier molecular flexibility index (Phi) is 9.63. The number of nitrogens with zero attached hydrogens (tertiary/aromatic N) is 2. The summed E-state index contributed by atoms with van der Waals surface area (Å²) in [5, 5.41) is 5.92. The highest BCUT2D eigenvalue weighted by Crippen LogP contribution is 2.20. The van der Waals surface area contributed by atoms with Gasteiger partial charge in [-0.25, -0.2) is 0 Å². The number of likely N-dealkylation sites (tertiary alicyclic amines) is 1. The van der Waals surface area contributed by atoms with Gasteiger partial charge in [0.25, 0.3) is 0 Å². The smallest absolute Gasteiger partial charge is 0.220 e. The van der Waals surface area contributed by atoms with Crippen LogP contribution < -0.4 is 10.6 Å². The third-order valence-electron chi connectivity index (χ3n) is 3.28. The number of nitrogens with one attached hydrogen (secondary N) is 2. The fraction of sp³-hybridized carbons (Fsp3) is 0.692. The maximum atomic E-state index is 11.3. The van der Waals surface area contributed by atoms with Crippen LogP contribution in [0.3, 0.4) is 0 Å². The van der Waals surface area contributed by atoms with Crippen molar-refractivity contribution in [2.75, 3.05) is 33.7 Å². The molecule has 0 spiro atoms. The molecule has 2 N–H and O–H groups in total. The van der Waals surface area contributed by atoms with Crippen LogP contribution in [-0.4, -0.2) is 50.5 Å². The maximum Gasteiger partial charge on any atom is 0.220 e. The average molecular weight is 380 g/mol. The predicted molar refractivity (Wildman–Crippen MR) is 90.0 cm³/mol. The van der Waals surface area contributed by atoms with Crippen LogP contribution in [0.1, 0.15) is 19.3 Å². The van der Waals surface area contributed by atoms with Crippen molar-refractivity contribution < 1.29 is 4.79 Å². The number of carbonyl (C=O) groups is 1. The first kappa shape index (κ1) is 18.2. The highest BCUT2D eigenvalue weighted by atomic mass is 127. The molecule has 1 amide bonds. The third-order valence-corrected chi connectivity index (χ3v) is 3.28. The molecular formula is C13H25IN4O. The van der Waals surface area contributed by atoms with Gasteiger partial charge in [0.1, 0.15) is 0 Å². The monoisotopic (exact) mass is 380 g/mol. The Morgan fingerprint density at radius 3 is 2.58 bits per heavy atom. The van der Waals surface area contributed by atoms with Crippen molar-refractivity contribution in [3.63, 3.8) is 0 Å². The first-order valence-corrected chi connectivity index (χ1v) is 6.48. The van der Waals surface area contributed by atoms with Crippen LogP contribution in [0.5, 0.6) is 0 Å². The summed E-state index contributed by atoms with van der Waals surface area (Å²) in [6.45, 7) is 6.33. The SMILES string of the molecule is C=CCNC(=NC)N1CCC(CC(=O)NC)CC1.I. The van der Waals surface area contributed by atoms with E-state index in [9.17, 15) is 4.79 Å². The van der Waals surface area contributed by atoms with Gasteiger partial charge in [0.2, 0.25) is 5.91 Å².